The molecule has 1 aromatic heterocycles. The van der Waals surface area contributed by atoms with Crippen molar-refractivity contribution in [1.82, 2.24) is 4.98 Å². The predicted octanol–water partition coefficient (Wildman–Crippen LogP) is 3.02. The third-order valence-electron chi connectivity index (χ3n) is 2.56. The molecule has 0 amide bonds. The molecule has 1 aliphatic heterocycles. The van der Waals surface area contributed by atoms with Crippen molar-refractivity contribution < 1.29 is 4.39 Å². The van der Waals surface area contributed by atoms with E-state index < -0.39 is 6.17 Å². The Kier molecular flexibility index (Phi) is 5.73. The summed E-state index contributed by atoms with van der Waals surface area (Å²) < 4.78 is 12.9. The average Bonchev–Trinajstić information content (AvgIpc) is 2.32. The standard InChI is InChI=1S/C10H14FN3.C3H8/c11-8-3-5-14(6-4-8)9-1-2-10(12)13-7-9;1-3-2/h1-2,7-8H,3-6H2,(H2,12,13);3H2,1-2H3. The minimum atomic E-state index is -0.631. The lowest BCUT2D eigenvalue weighted by molar-refractivity contribution is 0.277. The number of halogens is 1. The molecule has 2 heterocycles. The second-order valence-corrected chi connectivity index (χ2v) is 4.31. The molecule has 1 saturated heterocycles. The first-order valence-corrected chi connectivity index (χ1v) is 6.27. The minimum Gasteiger partial charge on any atom is -0.384 e. The van der Waals surface area contributed by atoms with Crippen molar-refractivity contribution in [3.05, 3.63) is 18.3 Å². The monoisotopic (exact) mass is 239 g/mol. The Labute approximate surface area is 103 Å². The third kappa shape index (κ3) is 4.59. The zero-order valence-corrected chi connectivity index (χ0v) is 10.7. The molecule has 17 heavy (non-hydrogen) atoms. The van der Waals surface area contributed by atoms with Gasteiger partial charge < -0.3 is 10.6 Å². The van der Waals surface area contributed by atoms with Crippen LogP contribution in [0, 0.1) is 0 Å². The van der Waals surface area contributed by atoms with Crippen molar-refractivity contribution in [2.45, 2.75) is 39.3 Å². The minimum absolute atomic E-state index is 0.522. The number of hydrogen-bond acceptors (Lipinski definition) is 3. The summed E-state index contributed by atoms with van der Waals surface area (Å²) in [6.07, 6.45) is 3.59. The van der Waals surface area contributed by atoms with Gasteiger partial charge in [-0.15, -0.1) is 0 Å². The number of anilines is 2. The quantitative estimate of drug-likeness (QED) is 0.819. The van der Waals surface area contributed by atoms with Crippen LogP contribution in [0.15, 0.2) is 18.3 Å². The Bertz CT molecular complexity index is 305. The maximum atomic E-state index is 12.9. The number of piperidine rings is 1. The van der Waals surface area contributed by atoms with Gasteiger partial charge in [0, 0.05) is 13.1 Å². The molecule has 1 fully saturated rings. The molecule has 1 aromatic rings. The molecule has 0 radical (unpaired) electrons. The van der Waals surface area contributed by atoms with Gasteiger partial charge in [-0.2, -0.15) is 0 Å². The topological polar surface area (TPSA) is 42.1 Å². The summed E-state index contributed by atoms with van der Waals surface area (Å²) in [6, 6.07) is 3.71. The molecule has 2 N–H and O–H groups in total. The van der Waals surface area contributed by atoms with Gasteiger partial charge in [-0.3, -0.25) is 0 Å². The summed E-state index contributed by atoms with van der Waals surface area (Å²) in [4.78, 5) is 6.16. The number of alkyl halides is 1. The second kappa shape index (κ2) is 7.09. The molecular formula is C13H22FN3. The predicted molar refractivity (Wildman–Crippen MR) is 71.0 cm³/mol. The highest BCUT2D eigenvalue weighted by molar-refractivity contribution is 5.48. The Morgan fingerprint density at radius 1 is 1.35 bits per heavy atom. The number of nitrogens with two attached hydrogens (primary N) is 1. The summed E-state index contributed by atoms with van der Waals surface area (Å²) in [5.74, 6) is 0.522. The Hall–Kier alpha value is -1.32. The van der Waals surface area contributed by atoms with Crippen molar-refractivity contribution in [3.8, 4) is 0 Å². The van der Waals surface area contributed by atoms with Gasteiger partial charge in [0.05, 0.1) is 11.9 Å². The van der Waals surface area contributed by atoms with Crippen LogP contribution in [0.4, 0.5) is 15.9 Å². The van der Waals surface area contributed by atoms with Gasteiger partial charge in [0.15, 0.2) is 0 Å². The van der Waals surface area contributed by atoms with E-state index in [0.717, 1.165) is 18.8 Å². The van der Waals surface area contributed by atoms with Crippen LogP contribution < -0.4 is 10.6 Å². The van der Waals surface area contributed by atoms with E-state index in [1.807, 2.05) is 6.07 Å². The van der Waals surface area contributed by atoms with Crippen molar-refractivity contribution in [2.75, 3.05) is 23.7 Å². The van der Waals surface area contributed by atoms with Crippen LogP contribution in [0.3, 0.4) is 0 Å². The summed E-state index contributed by atoms with van der Waals surface area (Å²) in [6.45, 7) is 5.79. The molecule has 3 nitrogen and oxygen atoms in total. The maximum Gasteiger partial charge on any atom is 0.123 e. The molecule has 0 aliphatic carbocycles. The summed E-state index contributed by atoms with van der Waals surface area (Å²) >= 11 is 0. The maximum absolute atomic E-state index is 12.9. The molecule has 96 valence electrons. The summed E-state index contributed by atoms with van der Waals surface area (Å²) in [5, 5.41) is 0. The van der Waals surface area contributed by atoms with Crippen LogP contribution in [0.1, 0.15) is 33.1 Å². The number of rotatable bonds is 1. The third-order valence-corrected chi connectivity index (χ3v) is 2.56. The van der Waals surface area contributed by atoms with Crippen LogP contribution in [0.25, 0.3) is 0 Å². The fourth-order valence-corrected chi connectivity index (χ4v) is 1.69. The highest BCUT2D eigenvalue weighted by Crippen LogP contribution is 2.20. The van der Waals surface area contributed by atoms with E-state index in [0.29, 0.717) is 18.7 Å². The second-order valence-electron chi connectivity index (χ2n) is 4.31. The molecule has 1 aliphatic rings. The van der Waals surface area contributed by atoms with Crippen molar-refractivity contribution in [2.24, 2.45) is 0 Å². The van der Waals surface area contributed by atoms with Gasteiger partial charge in [0.1, 0.15) is 12.0 Å². The molecular weight excluding hydrogens is 217 g/mol. The van der Waals surface area contributed by atoms with Gasteiger partial charge in [-0.25, -0.2) is 9.37 Å². The zero-order valence-electron chi connectivity index (χ0n) is 10.7. The molecule has 2 rings (SSSR count). The number of nitrogens with zero attached hydrogens (tertiary/aromatic N) is 2. The van der Waals surface area contributed by atoms with Gasteiger partial charge in [-0.1, -0.05) is 20.3 Å². The summed E-state index contributed by atoms with van der Waals surface area (Å²) in [5.41, 5.74) is 6.52. The van der Waals surface area contributed by atoms with E-state index in [1.165, 1.54) is 6.42 Å². The van der Waals surface area contributed by atoms with Crippen LogP contribution >= 0.6 is 0 Å². The molecule has 4 heteroatoms. The SMILES string of the molecule is CCC.Nc1ccc(N2CCC(F)CC2)cn1. The van der Waals surface area contributed by atoms with Gasteiger partial charge in [0.25, 0.3) is 0 Å². The zero-order chi connectivity index (χ0) is 12.7. The van der Waals surface area contributed by atoms with E-state index >= 15 is 0 Å². The first-order valence-electron chi connectivity index (χ1n) is 6.27. The van der Waals surface area contributed by atoms with E-state index in [9.17, 15) is 4.39 Å². The van der Waals surface area contributed by atoms with Crippen LogP contribution in [-0.4, -0.2) is 24.2 Å². The van der Waals surface area contributed by atoms with Crippen LogP contribution in [-0.2, 0) is 0 Å². The number of aromatic nitrogens is 1. The van der Waals surface area contributed by atoms with E-state index in [2.05, 4.69) is 23.7 Å². The highest BCUT2D eigenvalue weighted by atomic mass is 19.1. The van der Waals surface area contributed by atoms with Crippen LogP contribution in [0.2, 0.25) is 0 Å². The fraction of sp³-hybridized carbons (Fsp3) is 0.615. The molecule has 0 aromatic carbocycles. The van der Waals surface area contributed by atoms with E-state index in [4.69, 9.17) is 5.73 Å². The Morgan fingerprint density at radius 2 is 1.94 bits per heavy atom. The van der Waals surface area contributed by atoms with Crippen molar-refractivity contribution in [1.29, 1.82) is 0 Å². The smallest absolute Gasteiger partial charge is 0.123 e. The molecule has 0 bridgehead atoms. The molecule has 0 spiro atoms. The van der Waals surface area contributed by atoms with Gasteiger partial charge >= 0.3 is 0 Å². The number of hydrogen-bond donors (Lipinski definition) is 1. The summed E-state index contributed by atoms with van der Waals surface area (Å²) in [7, 11) is 0. The van der Waals surface area contributed by atoms with Crippen molar-refractivity contribution >= 4 is 11.5 Å². The molecule has 0 atom stereocenters. The first-order chi connectivity index (χ1) is 8.17. The fourth-order valence-electron chi connectivity index (χ4n) is 1.69. The van der Waals surface area contributed by atoms with Gasteiger partial charge in [-0.05, 0) is 25.0 Å². The molecule has 0 unspecified atom stereocenters. The van der Waals surface area contributed by atoms with E-state index in [1.54, 1.807) is 12.3 Å². The molecule has 0 saturated carbocycles. The number of nitrogen functional groups attached to an aromatic ring is 1. The lowest BCUT2D eigenvalue weighted by atomic mass is 10.1. The first kappa shape index (κ1) is 13.7. The number of pyridine rings is 1. The Balaban J connectivity index is 0.000000437. The van der Waals surface area contributed by atoms with Crippen LogP contribution in [0.5, 0.6) is 0 Å². The van der Waals surface area contributed by atoms with Crippen molar-refractivity contribution in [3.63, 3.8) is 0 Å². The Morgan fingerprint density at radius 3 is 2.41 bits per heavy atom. The average molecular weight is 239 g/mol. The van der Waals surface area contributed by atoms with E-state index in [-0.39, 0.29) is 0 Å². The lowest BCUT2D eigenvalue weighted by Gasteiger charge is -2.30. The highest BCUT2D eigenvalue weighted by Gasteiger charge is 2.18. The van der Waals surface area contributed by atoms with Gasteiger partial charge in [0.2, 0.25) is 0 Å². The largest absolute Gasteiger partial charge is 0.384 e. The lowest BCUT2D eigenvalue weighted by Crippen LogP contribution is -2.34. The normalized spacial score (nSPS) is 16.3.